The van der Waals surface area contributed by atoms with E-state index in [0.717, 1.165) is 5.56 Å². The molecule has 0 saturated heterocycles. The van der Waals surface area contributed by atoms with Gasteiger partial charge in [0.05, 0.1) is 16.7 Å². The summed E-state index contributed by atoms with van der Waals surface area (Å²) in [4.78, 5) is 4.24. The Morgan fingerprint density at radius 1 is 1.39 bits per heavy atom. The number of pyridine rings is 1. The van der Waals surface area contributed by atoms with Crippen LogP contribution in [-0.2, 0) is 9.84 Å². The minimum Gasteiger partial charge on any atom is -0.263 e. The third kappa shape index (κ3) is 3.30. The number of sulfone groups is 1. The summed E-state index contributed by atoms with van der Waals surface area (Å²) in [6.45, 7) is 5.64. The van der Waals surface area contributed by atoms with Gasteiger partial charge in [-0.25, -0.2) is 8.42 Å². The van der Waals surface area contributed by atoms with Crippen molar-refractivity contribution in [2.75, 3.05) is 5.75 Å². The quantitative estimate of drug-likeness (QED) is 0.821. The lowest BCUT2D eigenvalue weighted by atomic mass is 9.87. The van der Waals surface area contributed by atoms with Crippen LogP contribution in [0.15, 0.2) is 23.4 Å². The van der Waals surface area contributed by atoms with Crippen LogP contribution in [0.2, 0.25) is 0 Å². The van der Waals surface area contributed by atoms with Gasteiger partial charge in [0.15, 0.2) is 9.84 Å². The maximum absolute atomic E-state index is 11.8. The molecule has 5 heteroatoms. The van der Waals surface area contributed by atoms with Gasteiger partial charge in [0, 0.05) is 24.7 Å². The molecule has 1 atom stereocenters. The van der Waals surface area contributed by atoms with Crippen LogP contribution >= 0.6 is 0 Å². The highest BCUT2D eigenvalue weighted by Crippen LogP contribution is 2.28. The van der Waals surface area contributed by atoms with Crippen LogP contribution in [0.25, 0.3) is 0 Å². The van der Waals surface area contributed by atoms with E-state index in [1.165, 1.54) is 6.20 Å². The van der Waals surface area contributed by atoms with Crippen molar-refractivity contribution in [2.24, 2.45) is 5.92 Å². The van der Waals surface area contributed by atoms with Crippen molar-refractivity contribution in [1.29, 1.82) is 5.26 Å². The van der Waals surface area contributed by atoms with E-state index in [1.54, 1.807) is 19.2 Å². The molecule has 0 fully saturated rings. The van der Waals surface area contributed by atoms with E-state index in [0.29, 0.717) is 6.42 Å². The molecule has 1 aromatic rings. The van der Waals surface area contributed by atoms with Crippen molar-refractivity contribution in [2.45, 2.75) is 38.0 Å². The number of rotatable bonds is 5. The lowest BCUT2D eigenvalue weighted by molar-refractivity contribution is 0.503. The van der Waals surface area contributed by atoms with Gasteiger partial charge in [-0.3, -0.25) is 4.98 Å². The van der Waals surface area contributed by atoms with Crippen LogP contribution < -0.4 is 0 Å². The molecule has 0 amide bonds. The van der Waals surface area contributed by atoms with E-state index >= 15 is 0 Å². The fraction of sp³-hybridized carbons (Fsp3) is 0.538. The number of hydrogen-bond acceptors (Lipinski definition) is 4. The highest BCUT2D eigenvalue weighted by molar-refractivity contribution is 7.91. The van der Waals surface area contributed by atoms with Crippen LogP contribution in [-0.4, -0.2) is 19.2 Å². The summed E-state index contributed by atoms with van der Waals surface area (Å²) in [6, 6.07) is 3.79. The van der Waals surface area contributed by atoms with Gasteiger partial charge in [-0.05, 0) is 17.5 Å². The Hall–Kier alpha value is -1.41. The Labute approximate surface area is 109 Å². The van der Waals surface area contributed by atoms with Crippen molar-refractivity contribution >= 4 is 9.84 Å². The highest BCUT2D eigenvalue weighted by atomic mass is 32.2. The summed E-state index contributed by atoms with van der Waals surface area (Å²) >= 11 is 0. The third-order valence-electron chi connectivity index (χ3n) is 3.02. The predicted molar refractivity (Wildman–Crippen MR) is 69.8 cm³/mol. The molecule has 0 aliphatic heterocycles. The summed E-state index contributed by atoms with van der Waals surface area (Å²) in [5.74, 6) is 0.350. The molecule has 0 N–H and O–H groups in total. The third-order valence-corrected chi connectivity index (χ3v) is 4.72. The molecule has 0 aromatic carbocycles. The van der Waals surface area contributed by atoms with Crippen LogP contribution in [0.4, 0.5) is 0 Å². The molecular formula is C13H18N2O2S. The molecule has 0 aliphatic rings. The van der Waals surface area contributed by atoms with Gasteiger partial charge in [-0.15, -0.1) is 0 Å². The average Bonchev–Trinajstić information content (AvgIpc) is 2.35. The monoisotopic (exact) mass is 266 g/mol. The van der Waals surface area contributed by atoms with Gasteiger partial charge in [0.25, 0.3) is 0 Å². The van der Waals surface area contributed by atoms with Gasteiger partial charge in [-0.1, -0.05) is 20.8 Å². The van der Waals surface area contributed by atoms with Crippen LogP contribution in [0.5, 0.6) is 0 Å². The molecular weight excluding hydrogens is 248 g/mol. The van der Waals surface area contributed by atoms with Gasteiger partial charge in [0.2, 0.25) is 0 Å². The largest absolute Gasteiger partial charge is 0.263 e. The molecule has 4 nitrogen and oxygen atoms in total. The normalized spacial score (nSPS) is 13.3. The van der Waals surface area contributed by atoms with Crippen molar-refractivity contribution in [3.8, 4) is 6.07 Å². The Bertz CT molecular complexity index is 544. The van der Waals surface area contributed by atoms with Crippen molar-refractivity contribution in [3.05, 3.63) is 24.0 Å². The van der Waals surface area contributed by atoms with Crippen LogP contribution in [0, 0.1) is 17.2 Å². The standard InChI is InChI=1S/C13H18N2O2S/c1-4-18(16,17)12-7-11(8-15-9-12)13(5-6-14)10(2)3/h7-10,13H,4-5H2,1-3H3. The molecule has 0 aliphatic carbocycles. The van der Waals surface area contributed by atoms with Gasteiger partial charge >= 0.3 is 0 Å². The van der Waals surface area contributed by atoms with E-state index in [1.807, 2.05) is 13.8 Å². The maximum atomic E-state index is 11.8. The Morgan fingerprint density at radius 2 is 2.06 bits per heavy atom. The lowest BCUT2D eigenvalue weighted by Crippen LogP contribution is -2.09. The molecule has 1 heterocycles. The highest BCUT2D eigenvalue weighted by Gasteiger charge is 2.19. The summed E-state index contributed by atoms with van der Waals surface area (Å²) in [5.41, 5.74) is 0.820. The second-order valence-corrected chi connectivity index (χ2v) is 6.85. The maximum Gasteiger partial charge on any atom is 0.179 e. The molecule has 98 valence electrons. The average molecular weight is 266 g/mol. The predicted octanol–water partition coefficient (Wildman–Crippen LogP) is 2.53. The summed E-state index contributed by atoms with van der Waals surface area (Å²) in [6.07, 6.45) is 3.39. The fourth-order valence-corrected chi connectivity index (χ4v) is 2.68. The summed E-state index contributed by atoms with van der Waals surface area (Å²) in [7, 11) is -3.24. The van der Waals surface area contributed by atoms with Crippen molar-refractivity contribution in [3.63, 3.8) is 0 Å². The first-order valence-corrected chi connectivity index (χ1v) is 7.62. The number of nitrogens with zero attached hydrogens (tertiary/aromatic N) is 2. The number of nitriles is 1. The molecule has 1 unspecified atom stereocenters. The van der Waals surface area contributed by atoms with Gasteiger partial charge in [-0.2, -0.15) is 5.26 Å². The first-order valence-electron chi connectivity index (χ1n) is 5.97. The topological polar surface area (TPSA) is 70.8 Å². The van der Waals surface area contributed by atoms with E-state index in [4.69, 9.17) is 5.26 Å². The van der Waals surface area contributed by atoms with E-state index in [-0.39, 0.29) is 22.5 Å². The minimum absolute atomic E-state index is 0.0227. The summed E-state index contributed by atoms with van der Waals surface area (Å²) < 4.78 is 23.6. The number of hydrogen-bond donors (Lipinski definition) is 0. The first kappa shape index (κ1) is 14.7. The van der Waals surface area contributed by atoms with Crippen LogP contribution in [0.3, 0.4) is 0 Å². The second kappa shape index (κ2) is 5.96. The molecule has 1 aromatic heterocycles. The van der Waals surface area contributed by atoms with E-state index in [2.05, 4.69) is 11.1 Å². The Kier molecular flexibility index (Phi) is 4.85. The zero-order valence-corrected chi connectivity index (χ0v) is 11.7. The smallest absolute Gasteiger partial charge is 0.179 e. The van der Waals surface area contributed by atoms with Gasteiger partial charge < -0.3 is 0 Å². The SMILES string of the molecule is CCS(=O)(=O)c1cncc(C(CC#N)C(C)C)c1. The van der Waals surface area contributed by atoms with Crippen LogP contribution in [0.1, 0.15) is 38.7 Å². The molecule has 0 saturated carbocycles. The molecule has 1 rings (SSSR count). The molecule has 0 radical (unpaired) electrons. The lowest BCUT2D eigenvalue weighted by Gasteiger charge is -2.18. The van der Waals surface area contributed by atoms with Gasteiger partial charge in [0.1, 0.15) is 0 Å². The second-order valence-electron chi connectivity index (χ2n) is 4.57. The summed E-state index contributed by atoms with van der Waals surface area (Å²) in [5, 5.41) is 8.83. The zero-order chi connectivity index (χ0) is 13.8. The number of aromatic nitrogens is 1. The van der Waals surface area contributed by atoms with Crippen molar-refractivity contribution in [1.82, 2.24) is 4.98 Å². The zero-order valence-electron chi connectivity index (χ0n) is 10.9. The molecule has 0 bridgehead atoms. The Balaban J connectivity index is 3.20. The fourth-order valence-electron chi connectivity index (χ4n) is 1.81. The minimum atomic E-state index is -3.24. The molecule has 0 spiro atoms. The van der Waals surface area contributed by atoms with E-state index < -0.39 is 9.84 Å². The van der Waals surface area contributed by atoms with E-state index in [9.17, 15) is 8.42 Å². The Morgan fingerprint density at radius 3 is 2.56 bits per heavy atom. The first-order chi connectivity index (χ1) is 8.42. The molecule has 18 heavy (non-hydrogen) atoms. The van der Waals surface area contributed by atoms with Crippen molar-refractivity contribution < 1.29 is 8.42 Å².